The fourth-order valence-corrected chi connectivity index (χ4v) is 4.55. The molecule has 0 aliphatic carbocycles. The van der Waals surface area contributed by atoms with Crippen molar-refractivity contribution in [3.05, 3.63) is 59.7 Å². The lowest BCUT2D eigenvalue weighted by Gasteiger charge is -2.31. The van der Waals surface area contributed by atoms with Crippen molar-refractivity contribution in [1.82, 2.24) is 4.90 Å². The molecule has 4 rings (SSSR count). The molecular weight excluding hydrogens is 396 g/mol. The average Bonchev–Trinajstić information content (AvgIpc) is 3.07. The molecule has 0 saturated carbocycles. The lowest BCUT2D eigenvalue weighted by Crippen LogP contribution is -2.44. The summed E-state index contributed by atoms with van der Waals surface area (Å²) in [5.41, 5.74) is 3.43. The monoisotopic (exact) mass is 420 g/mol. The second kappa shape index (κ2) is 8.44. The van der Waals surface area contributed by atoms with Crippen molar-refractivity contribution in [2.45, 2.75) is 44.9 Å². The number of rotatable bonds is 5. The Morgan fingerprint density at radius 3 is 2.67 bits per heavy atom. The summed E-state index contributed by atoms with van der Waals surface area (Å²) in [5.74, 6) is 0.388. The summed E-state index contributed by atoms with van der Waals surface area (Å²) in [5, 5.41) is 3.24. The molecule has 6 nitrogen and oxygen atoms in total. The number of nitrogens with one attached hydrogen (secondary N) is 1. The highest BCUT2D eigenvalue weighted by molar-refractivity contribution is 8.14. The van der Waals surface area contributed by atoms with E-state index >= 15 is 0 Å². The van der Waals surface area contributed by atoms with Gasteiger partial charge in [-0.3, -0.25) is 14.5 Å². The van der Waals surface area contributed by atoms with E-state index in [1.54, 1.807) is 0 Å². The van der Waals surface area contributed by atoms with Crippen LogP contribution < -0.4 is 5.32 Å². The molecular formula is C23H24N4O2S. The van der Waals surface area contributed by atoms with Gasteiger partial charge in [-0.05, 0) is 44.0 Å². The van der Waals surface area contributed by atoms with E-state index in [9.17, 15) is 9.59 Å². The van der Waals surface area contributed by atoms with Gasteiger partial charge in [0.05, 0.1) is 10.9 Å². The van der Waals surface area contributed by atoms with Gasteiger partial charge in [-0.2, -0.15) is 4.99 Å². The van der Waals surface area contributed by atoms with Crippen LogP contribution in [0.15, 0.2) is 58.5 Å². The first kappa shape index (κ1) is 20.3. The first-order chi connectivity index (χ1) is 14.5. The van der Waals surface area contributed by atoms with Crippen molar-refractivity contribution < 1.29 is 9.59 Å². The van der Waals surface area contributed by atoms with Crippen molar-refractivity contribution in [2.24, 2.45) is 9.98 Å². The SMILES string of the molecule is CCCC1C(=O)N=C2c3ccccc3N=C(SC(C)C(=O)Nc3ccccc3C)N21. The minimum atomic E-state index is -0.396. The fourth-order valence-electron chi connectivity index (χ4n) is 3.59. The number of carbonyl (C=O) groups is 2. The van der Waals surface area contributed by atoms with Crippen LogP contribution in [0.3, 0.4) is 0 Å². The highest BCUT2D eigenvalue weighted by Crippen LogP contribution is 2.36. The number of hydrogen-bond donors (Lipinski definition) is 1. The normalized spacial score (nSPS) is 18.3. The van der Waals surface area contributed by atoms with E-state index in [1.165, 1.54) is 11.8 Å². The van der Waals surface area contributed by atoms with Crippen LogP contribution in [0.1, 0.15) is 37.8 Å². The van der Waals surface area contributed by atoms with Crippen LogP contribution in [0, 0.1) is 6.92 Å². The van der Waals surface area contributed by atoms with Crippen LogP contribution >= 0.6 is 11.8 Å². The van der Waals surface area contributed by atoms with E-state index in [0.29, 0.717) is 17.4 Å². The van der Waals surface area contributed by atoms with E-state index in [0.717, 1.165) is 28.9 Å². The summed E-state index contributed by atoms with van der Waals surface area (Å²) in [6.45, 7) is 5.86. The van der Waals surface area contributed by atoms with Gasteiger partial charge < -0.3 is 5.32 Å². The molecule has 2 aromatic carbocycles. The maximum Gasteiger partial charge on any atom is 0.270 e. The molecule has 30 heavy (non-hydrogen) atoms. The van der Waals surface area contributed by atoms with Gasteiger partial charge in [-0.25, -0.2) is 4.99 Å². The lowest BCUT2D eigenvalue weighted by molar-refractivity contribution is -0.119. The average molecular weight is 421 g/mol. The number of nitrogens with zero attached hydrogens (tertiary/aromatic N) is 3. The molecule has 0 fully saturated rings. The van der Waals surface area contributed by atoms with Gasteiger partial charge in [-0.15, -0.1) is 0 Å². The zero-order chi connectivity index (χ0) is 21.3. The maximum atomic E-state index is 12.8. The Morgan fingerprint density at radius 1 is 1.17 bits per heavy atom. The minimum Gasteiger partial charge on any atom is -0.325 e. The number of carbonyl (C=O) groups excluding carboxylic acids is 2. The maximum absolute atomic E-state index is 12.8. The quantitative estimate of drug-likeness (QED) is 0.772. The molecule has 2 heterocycles. The van der Waals surface area contributed by atoms with Crippen LogP contribution in [-0.4, -0.2) is 39.0 Å². The summed E-state index contributed by atoms with van der Waals surface area (Å²) in [7, 11) is 0. The van der Waals surface area contributed by atoms with Crippen molar-refractivity contribution in [3.8, 4) is 0 Å². The summed E-state index contributed by atoms with van der Waals surface area (Å²) >= 11 is 1.36. The van der Waals surface area contributed by atoms with Crippen LogP contribution in [0.2, 0.25) is 0 Å². The number of hydrogen-bond acceptors (Lipinski definition) is 5. The molecule has 2 unspecified atom stereocenters. The molecule has 2 aliphatic rings. The number of amides is 2. The Kier molecular flexibility index (Phi) is 5.72. The molecule has 7 heteroatoms. The molecule has 0 bridgehead atoms. The first-order valence-electron chi connectivity index (χ1n) is 10.1. The predicted molar refractivity (Wildman–Crippen MR) is 122 cm³/mol. The number of amidine groups is 2. The molecule has 2 amide bonds. The number of anilines is 1. The third kappa shape index (κ3) is 3.77. The van der Waals surface area contributed by atoms with Gasteiger partial charge in [0.25, 0.3) is 5.91 Å². The topological polar surface area (TPSA) is 74.1 Å². The standard InChI is InChI=1S/C23H24N4O2S/c1-4-9-19-22(29)26-20-16-11-6-8-13-18(16)25-23(27(19)20)30-15(3)21(28)24-17-12-7-5-10-14(17)2/h5-8,10-13,15,19H,4,9H2,1-3H3,(H,24,28). The van der Waals surface area contributed by atoms with Crippen LogP contribution in [0.5, 0.6) is 0 Å². The first-order valence-corrected chi connectivity index (χ1v) is 11.0. The second-order valence-corrected chi connectivity index (χ2v) is 8.73. The van der Waals surface area contributed by atoms with Gasteiger partial charge in [0, 0.05) is 11.3 Å². The second-order valence-electron chi connectivity index (χ2n) is 7.42. The number of fused-ring (bicyclic) bond motifs is 3. The van der Waals surface area contributed by atoms with Crippen LogP contribution in [0.25, 0.3) is 0 Å². The molecule has 0 spiro atoms. The number of aliphatic imine (C=N–C) groups is 2. The largest absolute Gasteiger partial charge is 0.325 e. The Balaban J connectivity index is 1.61. The third-order valence-corrected chi connectivity index (χ3v) is 6.29. The highest BCUT2D eigenvalue weighted by Gasteiger charge is 2.41. The van der Waals surface area contributed by atoms with E-state index < -0.39 is 5.25 Å². The van der Waals surface area contributed by atoms with E-state index in [1.807, 2.05) is 74.2 Å². The van der Waals surface area contributed by atoms with Crippen molar-refractivity contribution >= 4 is 46.0 Å². The molecule has 2 atom stereocenters. The Bertz CT molecular complexity index is 1060. The Morgan fingerprint density at radius 2 is 1.90 bits per heavy atom. The zero-order valence-corrected chi connectivity index (χ0v) is 18.1. The number of para-hydroxylation sites is 2. The van der Waals surface area contributed by atoms with Gasteiger partial charge in [0.2, 0.25) is 5.91 Å². The summed E-state index contributed by atoms with van der Waals surface area (Å²) in [6, 6.07) is 15.0. The van der Waals surface area contributed by atoms with E-state index in [4.69, 9.17) is 4.99 Å². The number of aryl methyl sites for hydroxylation is 1. The van der Waals surface area contributed by atoms with Crippen molar-refractivity contribution in [2.75, 3.05) is 5.32 Å². The summed E-state index contributed by atoms with van der Waals surface area (Å²) < 4.78 is 0. The molecule has 2 aliphatic heterocycles. The van der Waals surface area contributed by atoms with Gasteiger partial charge in [0.15, 0.2) is 5.17 Å². The van der Waals surface area contributed by atoms with E-state index in [-0.39, 0.29) is 17.9 Å². The lowest BCUT2D eigenvalue weighted by atomic mass is 10.1. The van der Waals surface area contributed by atoms with E-state index in [2.05, 4.69) is 10.3 Å². The molecule has 0 aromatic heterocycles. The molecule has 154 valence electrons. The predicted octanol–water partition coefficient (Wildman–Crippen LogP) is 4.51. The Hall–Kier alpha value is -2.93. The molecule has 2 aromatic rings. The highest BCUT2D eigenvalue weighted by atomic mass is 32.2. The van der Waals surface area contributed by atoms with Gasteiger partial charge in [-0.1, -0.05) is 55.4 Å². The van der Waals surface area contributed by atoms with Crippen LogP contribution in [-0.2, 0) is 9.59 Å². The summed E-state index contributed by atoms with van der Waals surface area (Å²) in [6.07, 6.45) is 1.55. The molecule has 1 N–H and O–H groups in total. The van der Waals surface area contributed by atoms with Gasteiger partial charge in [0.1, 0.15) is 11.9 Å². The Labute approximate surface area is 180 Å². The van der Waals surface area contributed by atoms with Gasteiger partial charge >= 0.3 is 0 Å². The number of benzene rings is 2. The fraction of sp³-hybridized carbons (Fsp3) is 0.304. The van der Waals surface area contributed by atoms with Crippen molar-refractivity contribution in [1.29, 1.82) is 0 Å². The molecule has 0 saturated heterocycles. The smallest absolute Gasteiger partial charge is 0.270 e. The zero-order valence-electron chi connectivity index (χ0n) is 17.3. The third-order valence-electron chi connectivity index (χ3n) is 5.22. The van der Waals surface area contributed by atoms with Crippen molar-refractivity contribution in [3.63, 3.8) is 0 Å². The number of thioether (sulfide) groups is 1. The minimum absolute atomic E-state index is 0.105. The summed E-state index contributed by atoms with van der Waals surface area (Å²) in [4.78, 5) is 36.5. The molecule has 0 radical (unpaired) electrons. The van der Waals surface area contributed by atoms with Crippen LogP contribution in [0.4, 0.5) is 11.4 Å².